The zero-order valence-electron chi connectivity index (χ0n) is 13.1. The molecular weight excluding hydrogens is 511 g/mol. The van der Waals surface area contributed by atoms with Crippen molar-refractivity contribution in [2.75, 3.05) is 10.6 Å². The topological polar surface area (TPSA) is 95.6 Å². The Labute approximate surface area is 175 Å². The first kappa shape index (κ1) is 19.1. The highest BCUT2D eigenvalue weighted by Crippen LogP contribution is 2.36. The third-order valence-electron chi connectivity index (χ3n) is 3.42. The molecule has 0 aliphatic carbocycles. The van der Waals surface area contributed by atoms with Crippen LogP contribution in [0.3, 0.4) is 0 Å². The number of benzene rings is 2. The first-order valence-corrected chi connectivity index (χ1v) is 9.46. The maximum absolute atomic E-state index is 12.4. The minimum Gasteiger partial charge on any atom is -0.308 e. The molecule has 1 aromatic heterocycles. The molecular formula is C15H10Br2Cl2N6O. The highest BCUT2D eigenvalue weighted by atomic mass is 79.9. The zero-order chi connectivity index (χ0) is 18.8. The van der Waals surface area contributed by atoms with Gasteiger partial charge >= 0.3 is 6.03 Å². The van der Waals surface area contributed by atoms with Crippen LogP contribution in [0.5, 0.6) is 0 Å². The Bertz CT molecular complexity index is 958. The maximum atomic E-state index is 12.4. The molecule has 3 rings (SSSR count). The van der Waals surface area contributed by atoms with Gasteiger partial charge in [0.2, 0.25) is 5.82 Å². The third-order valence-corrected chi connectivity index (χ3v) is 5.29. The van der Waals surface area contributed by atoms with E-state index >= 15 is 0 Å². The molecule has 2 amide bonds. The number of anilines is 2. The van der Waals surface area contributed by atoms with Crippen LogP contribution in [0.1, 0.15) is 5.56 Å². The Morgan fingerprint density at radius 2 is 1.81 bits per heavy atom. The summed E-state index contributed by atoms with van der Waals surface area (Å²) in [6.07, 6.45) is 0. The van der Waals surface area contributed by atoms with E-state index in [-0.39, 0.29) is 0 Å². The predicted octanol–water partition coefficient (Wildman–Crippen LogP) is 5.65. The summed E-state index contributed by atoms with van der Waals surface area (Å²) in [5.41, 5.74) is 2.28. The van der Waals surface area contributed by atoms with Gasteiger partial charge in [0.05, 0.1) is 5.69 Å². The SMILES string of the molecule is Cc1c(Cl)cc(NC(=O)Nc2c(Br)cc(Br)cc2-c2nn[nH]n2)cc1Cl. The second-order valence-electron chi connectivity index (χ2n) is 5.19. The second kappa shape index (κ2) is 7.91. The molecule has 26 heavy (non-hydrogen) atoms. The molecule has 0 bridgehead atoms. The summed E-state index contributed by atoms with van der Waals surface area (Å²) in [4.78, 5) is 12.4. The standard InChI is InChI=1S/C15H10Br2Cl2N6O/c1-6-11(18)4-8(5-12(6)19)20-15(26)21-13-9(14-22-24-25-23-14)2-7(16)3-10(13)17/h2-5H,1H3,(H2,20,21,26)(H,22,23,24,25). The number of nitrogens with zero attached hydrogens (tertiary/aromatic N) is 3. The Morgan fingerprint density at radius 1 is 1.12 bits per heavy atom. The Kier molecular flexibility index (Phi) is 5.81. The molecule has 11 heteroatoms. The fourth-order valence-electron chi connectivity index (χ4n) is 2.15. The van der Waals surface area contributed by atoms with Crippen molar-refractivity contribution in [3.8, 4) is 11.4 Å². The van der Waals surface area contributed by atoms with Gasteiger partial charge in [-0.25, -0.2) is 4.79 Å². The number of hydrogen-bond donors (Lipinski definition) is 3. The van der Waals surface area contributed by atoms with Gasteiger partial charge in [0.1, 0.15) is 0 Å². The van der Waals surface area contributed by atoms with Crippen molar-refractivity contribution in [2.24, 2.45) is 0 Å². The molecule has 0 atom stereocenters. The lowest BCUT2D eigenvalue weighted by Gasteiger charge is -2.13. The van der Waals surface area contributed by atoms with Gasteiger partial charge in [-0.1, -0.05) is 39.1 Å². The number of urea groups is 1. The van der Waals surface area contributed by atoms with Crippen LogP contribution < -0.4 is 10.6 Å². The van der Waals surface area contributed by atoms with Crippen LogP contribution in [0.2, 0.25) is 10.0 Å². The van der Waals surface area contributed by atoms with Crippen LogP contribution in [0.25, 0.3) is 11.4 Å². The number of aromatic amines is 1. The van der Waals surface area contributed by atoms with Crippen molar-refractivity contribution >= 4 is 72.5 Å². The molecule has 1 heterocycles. The van der Waals surface area contributed by atoms with E-state index in [2.05, 4.69) is 63.1 Å². The number of nitrogens with one attached hydrogen (secondary N) is 3. The number of carbonyl (C=O) groups is 1. The van der Waals surface area contributed by atoms with E-state index in [9.17, 15) is 4.79 Å². The fraction of sp³-hybridized carbons (Fsp3) is 0.0667. The van der Waals surface area contributed by atoms with Gasteiger partial charge in [-0.2, -0.15) is 5.21 Å². The lowest BCUT2D eigenvalue weighted by Crippen LogP contribution is -2.20. The molecule has 7 nitrogen and oxygen atoms in total. The van der Waals surface area contributed by atoms with Gasteiger partial charge in [0, 0.05) is 30.2 Å². The smallest absolute Gasteiger partial charge is 0.308 e. The van der Waals surface area contributed by atoms with Crippen LogP contribution in [-0.4, -0.2) is 26.7 Å². The van der Waals surface area contributed by atoms with Crippen LogP contribution >= 0.6 is 55.1 Å². The molecule has 3 aromatic rings. The number of aromatic nitrogens is 4. The first-order chi connectivity index (χ1) is 12.3. The van der Waals surface area contributed by atoms with E-state index in [1.54, 1.807) is 31.2 Å². The summed E-state index contributed by atoms with van der Waals surface area (Å²) >= 11 is 19.0. The lowest BCUT2D eigenvalue weighted by molar-refractivity contribution is 0.262. The van der Waals surface area contributed by atoms with Crippen LogP contribution in [0, 0.1) is 6.92 Å². The second-order valence-corrected chi connectivity index (χ2v) is 7.77. The van der Waals surface area contributed by atoms with Crippen molar-refractivity contribution < 1.29 is 4.79 Å². The van der Waals surface area contributed by atoms with E-state index in [4.69, 9.17) is 23.2 Å². The Balaban J connectivity index is 1.88. The van der Waals surface area contributed by atoms with Gasteiger partial charge < -0.3 is 10.6 Å². The van der Waals surface area contributed by atoms with E-state index < -0.39 is 6.03 Å². The molecule has 0 fully saturated rings. The molecule has 0 aliphatic rings. The predicted molar refractivity (Wildman–Crippen MR) is 109 cm³/mol. The zero-order valence-corrected chi connectivity index (χ0v) is 17.8. The summed E-state index contributed by atoms with van der Waals surface area (Å²) in [5, 5.41) is 20.2. The average Bonchev–Trinajstić information content (AvgIpc) is 3.09. The first-order valence-electron chi connectivity index (χ1n) is 7.11. The summed E-state index contributed by atoms with van der Waals surface area (Å²) in [6, 6.07) is 6.33. The van der Waals surface area contributed by atoms with Gasteiger partial charge in [-0.05, 0) is 57.9 Å². The quantitative estimate of drug-likeness (QED) is 0.416. The maximum Gasteiger partial charge on any atom is 0.323 e. The molecule has 0 saturated heterocycles. The summed E-state index contributed by atoms with van der Waals surface area (Å²) in [6.45, 7) is 1.80. The number of hydrogen-bond acceptors (Lipinski definition) is 4. The number of amides is 2. The van der Waals surface area contributed by atoms with E-state index in [1.165, 1.54) is 0 Å². The van der Waals surface area contributed by atoms with Crippen LogP contribution in [-0.2, 0) is 0 Å². The molecule has 0 radical (unpaired) electrons. The highest BCUT2D eigenvalue weighted by Gasteiger charge is 2.17. The fourth-order valence-corrected chi connectivity index (χ4v) is 3.96. The minimum atomic E-state index is -0.478. The summed E-state index contributed by atoms with van der Waals surface area (Å²) in [7, 11) is 0. The Morgan fingerprint density at radius 3 is 2.42 bits per heavy atom. The number of halogens is 4. The summed E-state index contributed by atoms with van der Waals surface area (Å²) < 4.78 is 1.43. The monoisotopic (exact) mass is 518 g/mol. The highest BCUT2D eigenvalue weighted by molar-refractivity contribution is 9.11. The van der Waals surface area contributed by atoms with Crippen molar-refractivity contribution in [3.05, 3.63) is 48.8 Å². The van der Waals surface area contributed by atoms with E-state index in [1.807, 2.05) is 0 Å². The van der Waals surface area contributed by atoms with Gasteiger partial charge in [0.25, 0.3) is 0 Å². The molecule has 0 saturated carbocycles. The number of tetrazole rings is 1. The molecule has 0 aliphatic heterocycles. The third kappa shape index (κ3) is 4.17. The minimum absolute atomic E-state index is 0.337. The Hall–Kier alpha value is -1.68. The van der Waals surface area contributed by atoms with Crippen molar-refractivity contribution in [1.29, 1.82) is 0 Å². The van der Waals surface area contributed by atoms with Crippen molar-refractivity contribution in [3.63, 3.8) is 0 Å². The van der Waals surface area contributed by atoms with Gasteiger partial charge in [-0.3, -0.25) is 0 Å². The largest absolute Gasteiger partial charge is 0.323 e. The molecule has 134 valence electrons. The van der Waals surface area contributed by atoms with Crippen LogP contribution in [0.15, 0.2) is 33.2 Å². The molecule has 2 aromatic carbocycles. The van der Waals surface area contributed by atoms with Crippen LogP contribution in [0.4, 0.5) is 16.2 Å². The van der Waals surface area contributed by atoms with E-state index in [0.29, 0.717) is 37.3 Å². The number of carbonyl (C=O) groups excluding carboxylic acids is 1. The van der Waals surface area contributed by atoms with Crippen molar-refractivity contribution in [1.82, 2.24) is 20.6 Å². The van der Waals surface area contributed by atoms with Crippen molar-refractivity contribution in [2.45, 2.75) is 6.92 Å². The number of H-pyrrole nitrogens is 1. The molecule has 0 unspecified atom stereocenters. The van der Waals surface area contributed by atoms with Gasteiger partial charge in [0.15, 0.2) is 0 Å². The van der Waals surface area contributed by atoms with E-state index in [0.717, 1.165) is 10.0 Å². The summed E-state index contributed by atoms with van der Waals surface area (Å²) in [5.74, 6) is 0.337. The average molecular weight is 521 g/mol. The normalized spacial score (nSPS) is 10.7. The lowest BCUT2D eigenvalue weighted by atomic mass is 10.1. The molecule has 3 N–H and O–H groups in total. The number of rotatable bonds is 3. The molecule has 0 spiro atoms. The van der Waals surface area contributed by atoms with Gasteiger partial charge in [-0.15, -0.1) is 10.2 Å².